The fraction of sp³-hybridized carbons (Fsp3) is 0.353. The van der Waals surface area contributed by atoms with Crippen molar-refractivity contribution in [3.05, 3.63) is 57.3 Å². The molecular formula is C17H17F3N4O2. The molecule has 3 rings (SSSR count). The fourth-order valence-corrected chi connectivity index (χ4v) is 2.89. The Labute approximate surface area is 146 Å². The van der Waals surface area contributed by atoms with Gasteiger partial charge in [0, 0.05) is 0 Å². The van der Waals surface area contributed by atoms with Gasteiger partial charge in [0.25, 0.3) is 5.56 Å². The fourth-order valence-electron chi connectivity index (χ4n) is 2.89. The number of aryl methyl sites for hydroxylation is 1. The third kappa shape index (κ3) is 3.48. The number of aromatic amines is 1. The first-order valence-electron chi connectivity index (χ1n) is 7.94. The zero-order chi connectivity index (χ0) is 19.1. The molecule has 0 radical (unpaired) electrons. The maximum Gasteiger partial charge on any atom is 0.393 e. The lowest BCUT2D eigenvalue weighted by Crippen LogP contribution is -2.14. The summed E-state index contributed by atoms with van der Waals surface area (Å²) in [6, 6.07) is 5.65. The standard InChI is InChI=1S/C17H17F3N4O2/c1-9(12-5-3-11(4-6-12)7-17(18,19)20)24-15-14(13(8-25)23-24)16(26)22-10(2)21-15/h3-6,9,25H,7-8H2,1-2H3,(H,21,22,26)/t9-/m0/s1. The predicted molar refractivity (Wildman–Crippen MR) is 88.8 cm³/mol. The van der Waals surface area contributed by atoms with Crippen molar-refractivity contribution in [3.63, 3.8) is 0 Å². The van der Waals surface area contributed by atoms with E-state index in [9.17, 15) is 23.1 Å². The topological polar surface area (TPSA) is 83.8 Å². The van der Waals surface area contributed by atoms with Crippen molar-refractivity contribution in [1.29, 1.82) is 0 Å². The molecule has 2 N–H and O–H groups in total. The van der Waals surface area contributed by atoms with Gasteiger partial charge in [-0.05, 0) is 25.0 Å². The molecule has 0 saturated carbocycles. The highest BCUT2D eigenvalue weighted by Crippen LogP contribution is 2.25. The minimum absolute atomic E-state index is 0.167. The van der Waals surface area contributed by atoms with Gasteiger partial charge in [0.05, 0.1) is 19.1 Å². The van der Waals surface area contributed by atoms with Crippen LogP contribution in [0.15, 0.2) is 29.1 Å². The van der Waals surface area contributed by atoms with Crippen molar-refractivity contribution >= 4 is 11.0 Å². The minimum atomic E-state index is -4.26. The van der Waals surface area contributed by atoms with Gasteiger partial charge in [-0.25, -0.2) is 9.67 Å². The van der Waals surface area contributed by atoms with Crippen LogP contribution in [0.1, 0.15) is 35.6 Å². The van der Waals surface area contributed by atoms with E-state index in [1.165, 1.54) is 16.8 Å². The van der Waals surface area contributed by atoms with E-state index in [0.717, 1.165) is 0 Å². The number of aliphatic hydroxyl groups is 1. The zero-order valence-electron chi connectivity index (χ0n) is 14.1. The van der Waals surface area contributed by atoms with Gasteiger partial charge in [-0.2, -0.15) is 18.3 Å². The Morgan fingerprint density at radius 2 is 1.92 bits per heavy atom. The lowest BCUT2D eigenvalue weighted by atomic mass is 10.0. The van der Waals surface area contributed by atoms with Crippen LogP contribution < -0.4 is 5.56 Å². The summed E-state index contributed by atoms with van der Waals surface area (Å²) in [5.74, 6) is 0.404. The highest BCUT2D eigenvalue weighted by Gasteiger charge is 2.27. The van der Waals surface area contributed by atoms with E-state index in [2.05, 4.69) is 15.1 Å². The number of nitrogens with one attached hydrogen (secondary N) is 1. The number of H-pyrrole nitrogens is 1. The Morgan fingerprint density at radius 1 is 1.27 bits per heavy atom. The largest absolute Gasteiger partial charge is 0.393 e. The van der Waals surface area contributed by atoms with Crippen molar-refractivity contribution in [2.75, 3.05) is 0 Å². The molecule has 0 unspecified atom stereocenters. The molecule has 0 saturated heterocycles. The van der Waals surface area contributed by atoms with Gasteiger partial charge in [0.15, 0.2) is 5.65 Å². The van der Waals surface area contributed by atoms with E-state index in [1.54, 1.807) is 26.0 Å². The number of halogens is 3. The summed E-state index contributed by atoms with van der Waals surface area (Å²) in [4.78, 5) is 19.0. The molecule has 0 fully saturated rings. The predicted octanol–water partition coefficient (Wildman–Crippen LogP) is 2.63. The van der Waals surface area contributed by atoms with Crippen LogP contribution >= 0.6 is 0 Å². The van der Waals surface area contributed by atoms with Crippen LogP contribution in [-0.2, 0) is 13.0 Å². The van der Waals surface area contributed by atoms with Crippen molar-refractivity contribution in [2.24, 2.45) is 0 Å². The van der Waals surface area contributed by atoms with Gasteiger partial charge < -0.3 is 10.1 Å². The molecule has 2 heterocycles. The molecule has 26 heavy (non-hydrogen) atoms. The molecule has 0 bridgehead atoms. The number of fused-ring (bicyclic) bond motifs is 1. The average Bonchev–Trinajstić information content (AvgIpc) is 2.92. The SMILES string of the molecule is Cc1nc2c(c(CO)nn2[C@@H](C)c2ccc(CC(F)(F)F)cc2)c(=O)[nH]1. The van der Waals surface area contributed by atoms with E-state index < -0.39 is 24.8 Å². The summed E-state index contributed by atoms with van der Waals surface area (Å²) in [7, 11) is 0. The normalized spacial score (nSPS) is 13.3. The summed E-state index contributed by atoms with van der Waals surface area (Å²) >= 11 is 0. The third-order valence-corrected chi connectivity index (χ3v) is 4.14. The maximum atomic E-state index is 12.5. The maximum absolute atomic E-state index is 12.5. The summed E-state index contributed by atoms with van der Waals surface area (Å²) in [5.41, 5.74) is 1.01. The lowest BCUT2D eigenvalue weighted by molar-refractivity contribution is -0.127. The number of hydrogen-bond donors (Lipinski definition) is 2. The minimum Gasteiger partial charge on any atom is -0.390 e. The molecule has 1 atom stereocenters. The molecule has 3 aromatic rings. The average molecular weight is 366 g/mol. The van der Waals surface area contributed by atoms with Crippen molar-refractivity contribution < 1.29 is 18.3 Å². The molecule has 9 heteroatoms. The van der Waals surface area contributed by atoms with Crippen LogP contribution in [0.3, 0.4) is 0 Å². The lowest BCUT2D eigenvalue weighted by Gasteiger charge is -2.14. The monoisotopic (exact) mass is 366 g/mol. The van der Waals surface area contributed by atoms with Crippen molar-refractivity contribution in [3.8, 4) is 0 Å². The second-order valence-electron chi connectivity index (χ2n) is 6.11. The Kier molecular flexibility index (Phi) is 4.57. The van der Waals surface area contributed by atoms with Gasteiger partial charge in [-0.1, -0.05) is 24.3 Å². The van der Waals surface area contributed by atoms with Gasteiger partial charge >= 0.3 is 6.18 Å². The third-order valence-electron chi connectivity index (χ3n) is 4.14. The molecular weight excluding hydrogens is 349 g/mol. The van der Waals surface area contributed by atoms with Crippen LogP contribution in [-0.4, -0.2) is 31.0 Å². The number of rotatable bonds is 4. The molecule has 2 aromatic heterocycles. The first-order valence-corrected chi connectivity index (χ1v) is 7.94. The zero-order valence-corrected chi connectivity index (χ0v) is 14.1. The molecule has 0 amide bonds. The van der Waals surface area contributed by atoms with E-state index in [4.69, 9.17) is 0 Å². The first-order chi connectivity index (χ1) is 12.2. The van der Waals surface area contributed by atoms with Gasteiger partial charge in [-0.15, -0.1) is 0 Å². The first kappa shape index (κ1) is 18.1. The molecule has 0 aliphatic heterocycles. The number of aliphatic hydroxyl groups excluding tert-OH is 1. The Balaban J connectivity index is 2.02. The molecule has 0 aliphatic rings. The Bertz CT molecular complexity index is 990. The summed E-state index contributed by atoms with van der Waals surface area (Å²) in [6.07, 6.45) is -5.25. The van der Waals surface area contributed by atoms with Crippen LogP contribution in [0.25, 0.3) is 11.0 Å². The second-order valence-corrected chi connectivity index (χ2v) is 6.11. The summed E-state index contributed by atoms with van der Waals surface area (Å²) in [5, 5.41) is 14.0. The highest BCUT2D eigenvalue weighted by atomic mass is 19.4. The molecule has 6 nitrogen and oxygen atoms in total. The van der Waals surface area contributed by atoms with Crippen LogP contribution in [0.4, 0.5) is 13.2 Å². The second kappa shape index (κ2) is 6.56. The van der Waals surface area contributed by atoms with E-state index in [-0.39, 0.29) is 22.7 Å². The van der Waals surface area contributed by atoms with Crippen molar-refractivity contribution in [2.45, 2.75) is 39.1 Å². The number of benzene rings is 1. The number of hydrogen-bond acceptors (Lipinski definition) is 4. The van der Waals surface area contributed by atoms with Gasteiger partial charge in [-0.3, -0.25) is 4.79 Å². The summed E-state index contributed by atoms with van der Waals surface area (Å²) < 4.78 is 38.9. The number of aromatic nitrogens is 4. The van der Waals surface area contributed by atoms with Crippen LogP contribution in [0.5, 0.6) is 0 Å². The molecule has 0 spiro atoms. The number of nitrogens with zero attached hydrogens (tertiary/aromatic N) is 3. The van der Waals surface area contributed by atoms with Crippen LogP contribution in [0, 0.1) is 6.92 Å². The highest BCUT2D eigenvalue weighted by molar-refractivity contribution is 5.77. The van der Waals surface area contributed by atoms with Gasteiger partial charge in [0.1, 0.15) is 16.9 Å². The molecule has 1 aromatic carbocycles. The Morgan fingerprint density at radius 3 is 2.50 bits per heavy atom. The smallest absolute Gasteiger partial charge is 0.390 e. The van der Waals surface area contributed by atoms with E-state index in [1.807, 2.05) is 0 Å². The Hall–Kier alpha value is -2.68. The van der Waals surface area contributed by atoms with Gasteiger partial charge in [0.2, 0.25) is 0 Å². The van der Waals surface area contributed by atoms with E-state index in [0.29, 0.717) is 17.0 Å². The molecule has 138 valence electrons. The number of alkyl halides is 3. The van der Waals surface area contributed by atoms with E-state index >= 15 is 0 Å². The molecule has 0 aliphatic carbocycles. The van der Waals surface area contributed by atoms with Crippen LogP contribution in [0.2, 0.25) is 0 Å². The quantitative estimate of drug-likeness (QED) is 0.744. The van der Waals surface area contributed by atoms with Crippen molar-refractivity contribution in [1.82, 2.24) is 19.7 Å². The summed E-state index contributed by atoms with van der Waals surface area (Å²) in [6.45, 7) is 3.01.